The fourth-order valence-corrected chi connectivity index (χ4v) is 2.61. The predicted octanol–water partition coefficient (Wildman–Crippen LogP) is 2.85. The minimum atomic E-state index is -0.740. The Labute approximate surface area is 158 Å². The molecule has 7 heteroatoms. The van der Waals surface area contributed by atoms with Crippen LogP contribution in [0, 0.1) is 0 Å². The maximum absolute atomic E-state index is 12.0. The zero-order valence-corrected chi connectivity index (χ0v) is 15.7. The van der Waals surface area contributed by atoms with Gasteiger partial charge in [-0.15, -0.1) is 0 Å². The van der Waals surface area contributed by atoms with Crippen molar-refractivity contribution >= 4 is 34.8 Å². The molecule has 0 saturated heterocycles. The average Bonchev–Trinajstić information content (AvgIpc) is 2.63. The van der Waals surface area contributed by atoms with E-state index in [1.807, 2.05) is 49.3 Å². The third kappa shape index (κ3) is 5.21. The van der Waals surface area contributed by atoms with Crippen molar-refractivity contribution in [2.45, 2.75) is 6.10 Å². The molecule has 2 N–H and O–H groups in total. The third-order valence-corrected chi connectivity index (χ3v) is 4.18. The van der Waals surface area contributed by atoms with E-state index in [-0.39, 0.29) is 6.54 Å². The van der Waals surface area contributed by atoms with E-state index >= 15 is 0 Å². The Morgan fingerprint density at radius 3 is 2.31 bits per heavy atom. The van der Waals surface area contributed by atoms with Gasteiger partial charge >= 0.3 is 11.8 Å². The summed E-state index contributed by atoms with van der Waals surface area (Å²) >= 11 is 6.14. The number of rotatable bonds is 6. The van der Waals surface area contributed by atoms with Crippen LogP contribution in [0.15, 0.2) is 48.5 Å². The van der Waals surface area contributed by atoms with E-state index in [2.05, 4.69) is 10.6 Å². The number of nitrogens with zero attached hydrogens (tertiary/aromatic N) is 1. The molecule has 2 aromatic carbocycles. The second kappa shape index (κ2) is 9.22. The van der Waals surface area contributed by atoms with Crippen LogP contribution in [0.4, 0.5) is 11.4 Å². The first-order valence-corrected chi connectivity index (χ1v) is 8.44. The lowest BCUT2D eigenvalue weighted by molar-refractivity contribution is -0.136. The monoisotopic (exact) mass is 375 g/mol. The van der Waals surface area contributed by atoms with Crippen LogP contribution in [0.2, 0.25) is 5.02 Å². The molecule has 0 spiro atoms. The molecule has 1 atom stereocenters. The number of amides is 2. The standard InChI is InChI=1S/C19H22ClN3O3/c1-23(2)14-10-8-13(9-11-14)22-19(25)18(24)21-12-17(26-3)15-6-4-5-7-16(15)20/h4-11,17H,12H2,1-3H3,(H,21,24)(H,22,25). The average molecular weight is 376 g/mol. The SMILES string of the molecule is COC(CNC(=O)C(=O)Nc1ccc(N(C)C)cc1)c1ccccc1Cl. The molecule has 0 heterocycles. The van der Waals surface area contributed by atoms with Crippen LogP contribution in [-0.2, 0) is 14.3 Å². The van der Waals surface area contributed by atoms with E-state index in [0.717, 1.165) is 11.3 Å². The Balaban J connectivity index is 1.92. The van der Waals surface area contributed by atoms with E-state index < -0.39 is 17.9 Å². The van der Waals surface area contributed by atoms with Crippen molar-refractivity contribution in [2.24, 2.45) is 0 Å². The molecule has 0 fully saturated rings. The molecule has 0 aromatic heterocycles. The highest BCUT2D eigenvalue weighted by Crippen LogP contribution is 2.24. The smallest absolute Gasteiger partial charge is 0.313 e. The van der Waals surface area contributed by atoms with E-state index in [0.29, 0.717) is 10.7 Å². The van der Waals surface area contributed by atoms with Gasteiger partial charge in [-0.2, -0.15) is 0 Å². The number of carbonyl (C=O) groups excluding carboxylic acids is 2. The normalized spacial score (nSPS) is 11.5. The summed E-state index contributed by atoms with van der Waals surface area (Å²) in [6.45, 7) is 0.131. The molecule has 26 heavy (non-hydrogen) atoms. The Bertz CT molecular complexity index is 763. The number of nitrogens with one attached hydrogen (secondary N) is 2. The minimum absolute atomic E-state index is 0.131. The van der Waals surface area contributed by atoms with Crippen LogP contribution in [0.1, 0.15) is 11.7 Å². The van der Waals surface area contributed by atoms with Crippen molar-refractivity contribution in [3.8, 4) is 0 Å². The first-order valence-electron chi connectivity index (χ1n) is 8.06. The molecule has 1 unspecified atom stereocenters. The van der Waals surface area contributed by atoms with Crippen molar-refractivity contribution in [1.29, 1.82) is 0 Å². The van der Waals surface area contributed by atoms with Gasteiger partial charge in [0, 0.05) is 49.7 Å². The van der Waals surface area contributed by atoms with Crippen molar-refractivity contribution in [3.05, 3.63) is 59.1 Å². The van der Waals surface area contributed by atoms with Gasteiger partial charge in [-0.25, -0.2) is 0 Å². The molecule has 2 aromatic rings. The number of ether oxygens (including phenoxy) is 1. The molecular formula is C19H22ClN3O3. The van der Waals surface area contributed by atoms with Crippen LogP contribution in [0.3, 0.4) is 0 Å². The van der Waals surface area contributed by atoms with E-state index in [4.69, 9.17) is 16.3 Å². The predicted molar refractivity (Wildman–Crippen MR) is 104 cm³/mol. The molecule has 6 nitrogen and oxygen atoms in total. The maximum Gasteiger partial charge on any atom is 0.313 e. The molecule has 2 amide bonds. The highest BCUT2D eigenvalue weighted by atomic mass is 35.5. The van der Waals surface area contributed by atoms with Crippen molar-refractivity contribution in [2.75, 3.05) is 38.0 Å². The summed E-state index contributed by atoms with van der Waals surface area (Å²) < 4.78 is 5.37. The summed E-state index contributed by atoms with van der Waals surface area (Å²) in [6, 6.07) is 14.4. The molecular weight excluding hydrogens is 354 g/mol. The second-order valence-corrected chi connectivity index (χ2v) is 6.26. The van der Waals surface area contributed by atoms with Gasteiger partial charge in [-0.1, -0.05) is 29.8 Å². The third-order valence-electron chi connectivity index (χ3n) is 3.83. The van der Waals surface area contributed by atoms with E-state index in [1.165, 1.54) is 7.11 Å². The number of halogens is 1. The lowest BCUT2D eigenvalue weighted by Gasteiger charge is -2.17. The van der Waals surface area contributed by atoms with E-state index in [1.54, 1.807) is 18.2 Å². The van der Waals surface area contributed by atoms with Gasteiger partial charge in [0.05, 0.1) is 0 Å². The summed E-state index contributed by atoms with van der Waals surface area (Å²) in [5.41, 5.74) is 2.29. The molecule has 0 saturated carbocycles. The minimum Gasteiger partial charge on any atom is -0.378 e. The van der Waals surface area contributed by atoms with Gasteiger partial charge in [0.2, 0.25) is 0 Å². The highest BCUT2D eigenvalue weighted by molar-refractivity contribution is 6.39. The van der Waals surface area contributed by atoms with Crippen LogP contribution in [0.5, 0.6) is 0 Å². The van der Waals surface area contributed by atoms with Gasteiger partial charge in [-0.3, -0.25) is 9.59 Å². The van der Waals surface area contributed by atoms with Crippen LogP contribution in [0.25, 0.3) is 0 Å². The number of benzene rings is 2. The lowest BCUT2D eigenvalue weighted by Crippen LogP contribution is -2.38. The summed E-state index contributed by atoms with van der Waals surface area (Å²) in [4.78, 5) is 26.0. The summed E-state index contributed by atoms with van der Waals surface area (Å²) in [7, 11) is 5.37. The van der Waals surface area contributed by atoms with Crippen LogP contribution < -0.4 is 15.5 Å². The van der Waals surface area contributed by atoms with Crippen molar-refractivity contribution < 1.29 is 14.3 Å². The number of methoxy groups -OCH3 is 1. The molecule has 138 valence electrons. The lowest BCUT2D eigenvalue weighted by atomic mass is 10.1. The fourth-order valence-electron chi connectivity index (χ4n) is 2.35. The van der Waals surface area contributed by atoms with E-state index in [9.17, 15) is 9.59 Å². The van der Waals surface area contributed by atoms with Gasteiger partial charge in [-0.05, 0) is 30.3 Å². The molecule has 0 aliphatic carbocycles. The molecule has 0 aliphatic rings. The first kappa shape index (κ1) is 19.8. The topological polar surface area (TPSA) is 70.7 Å². The maximum atomic E-state index is 12.0. The van der Waals surface area contributed by atoms with Crippen LogP contribution >= 0.6 is 11.6 Å². The summed E-state index contributed by atoms with van der Waals surface area (Å²) in [5.74, 6) is -1.48. The van der Waals surface area contributed by atoms with Crippen LogP contribution in [-0.4, -0.2) is 39.6 Å². The number of hydrogen-bond donors (Lipinski definition) is 2. The molecule has 0 bridgehead atoms. The van der Waals surface area contributed by atoms with Crippen molar-refractivity contribution in [1.82, 2.24) is 5.32 Å². The largest absolute Gasteiger partial charge is 0.378 e. The summed E-state index contributed by atoms with van der Waals surface area (Å²) in [5, 5.41) is 5.67. The molecule has 2 rings (SSSR count). The number of anilines is 2. The Kier molecular flexibility index (Phi) is 7.00. The zero-order chi connectivity index (χ0) is 19.1. The molecule has 0 aliphatic heterocycles. The zero-order valence-electron chi connectivity index (χ0n) is 15.0. The second-order valence-electron chi connectivity index (χ2n) is 5.85. The molecule has 0 radical (unpaired) electrons. The first-order chi connectivity index (χ1) is 12.4. The summed E-state index contributed by atoms with van der Waals surface area (Å²) in [6.07, 6.45) is -0.445. The highest BCUT2D eigenvalue weighted by Gasteiger charge is 2.18. The van der Waals surface area contributed by atoms with Gasteiger partial charge < -0.3 is 20.3 Å². The Hall–Kier alpha value is -2.57. The van der Waals surface area contributed by atoms with Gasteiger partial charge in [0.25, 0.3) is 0 Å². The number of carbonyl (C=O) groups is 2. The Morgan fingerprint density at radius 1 is 1.08 bits per heavy atom. The van der Waals surface area contributed by atoms with Gasteiger partial charge in [0.15, 0.2) is 0 Å². The number of hydrogen-bond acceptors (Lipinski definition) is 4. The van der Waals surface area contributed by atoms with Gasteiger partial charge in [0.1, 0.15) is 6.10 Å². The van der Waals surface area contributed by atoms with Crippen molar-refractivity contribution in [3.63, 3.8) is 0 Å². The Morgan fingerprint density at radius 2 is 1.73 bits per heavy atom. The fraction of sp³-hybridized carbons (Fsp3) is 0.263. The quantitative estimate of drug-likeness (QED) is 0.762.